The summed E-state index contributed by atoms with van der Waals surface area (Å²) in [4.78, 5) is 16.6. The highest BCUT2D eigenvalue weighted by atomic mass is 19.3. The lowest BCUT2D eigenvalue weighted by Crippen LogP contribution is -2.35. The molecule has 136 valence electrons. The zero-order chi connectivity index (χ0) is 18.8. The number of carbonyl (C=O) groups excluding carboxylic acids is 1. The van der Waals surface area contributed by atoms with Crippen LogP contribution in [-0.4, -0.2) is 18.2 Å². The SMILES string of the molecule is NC=C(C(=O)Nc1ccc(F)c(F)c1)C1=NC(=C2CC2)C=C(C(F)F)N1. The molecular weight excluding hydrogens is 352 g/mol. The summed E-state index contributed by atoms with van der Waals surface area (Å²) in [6.07, 6.45) is 0.856. The quantitative estimate of drug-likeness (QED) is 0.566. The fourth-order valence-corrected chi connectivity index (χ4v) is 2.28. The Kier molecular flexibility index (Phi) is 4.79. The van der Waals surface area contributed by atoms with E-state index in [-0.39, 0.29) is 17.1 Å². The van der Waals surface area contributed by atoms with Crippen molar-refractivity contribution in [1.82, 2.24) is 5.32 Å². The Morgan fingerprint density at radius 2 is 2.00 bits per heavy atom. The van der Waals surface area contributed by atoms with Crippen molar-refractivity contribution in [2.24, 2.45) is 10.7 Å². The highest BCUT2D eigenvalue weighted by Gasteiger charge is 2.27. The molecule has 0 unspecified atom stereocenters. The van der Waals surface area contributed by atoms with Crippen LogP contribution in [0.15, 0.2) is 58.0 Å². The largest absolute Gasteiger partial charge is 0.404 e. The van der Waals surface area contributed by atoms with Crippen molar-refractivity contribution in [1.29, 1.82) is 0 Å². The third kappa shape index (κ3) is 3.76. The molecule has 1 aromatic carbocycles. The molecule has 1 fully saturated rings. The van der Waals surface area contributed by atoms with E-state index in [0.29, 0.717) is 5.70 Å². The number of hydrogen-bond donors (Lipinski definition) is 3. The Hall–Kier alpha value is -3.10. The van der Waals surface area contributed by atoms with Crippen molar-refractivity contribution >= 4 is 17.4 Å². The van der Waals surface area contributed by atoms with Crippen LogP contribution in [0.5, 0.6) is 0 Å². The molecule has 0 bridgehead atoms. The second-order valence-corrected chi connectivity index (χ2v) is 5.64. The van der Waals surface area contributed by atoms with Gasteiger partial charge in [-0.25, -0.2) is 22.6 Å². The fraction of sp³-hybridized carbons (Fsp3) is 0.176. The molecule has 5 nitrogen and oxygen atoms in total. The minimum atomic E-state index is -2.79. The number of anilines is 1. The summed E-state index contributed by atoms with van der Waals surface area (Å²) in [6.45, 7) is 0. The number of nitrogens with one attached hydrogen (secondary N) is 2. The highest BCUT2D eigenvalue weighted by molar-refractivity contribution is 6.25. The van der Waals surface area contributed by atoms with Crippen LogP contribution < -0.4 is 16.4 Å². The number of amidine groups is 1. The average Bonchev–Trinajstić information content (AvgIpc) is 3.43. The Labute approximate surface area is 146 Å². The van der Waals surface area contributed by atoms with Gasteiger partial charge in [0.2, 0.25) is 0 Å². The van der Waals surface area contributed by atoms with Gasteiger partial charge in [-0.05, 0) is 36.6 Å². The van der Waals surface area contributed by atoms with Crippen LogP contribution in [0.2, 0.25) is 0 Å². The number of benzene rings is 1. The first-order valence-corrected chi connectivity index (χ1v) is 7.65. The standard InChI is InChI=1S/C17H14F4N4O/c18-11-4-3-9(5-12(11)19)23-17(26)10(7-22)16-24-13(8-1-2-8)6-14(25-16)15(20)21/h3-7,15H,1-2,22H2,(H,23,26)(H,24,25). The maximum Gasteiger partial charge on any atom is 0.278 e. The molecule has 0 spiro atoms. The van der Waals surface area contributed by atoms with Crippen LogP contribution in [0.1, 0.15) is 12.8 Å². The van der Waals surface area contributed by atoms with Gasteiger partial charge in [0.15, 0.2) is 11.6 Å². The third-order valence-corrected chi connectivity index (χ3v) is 3.73. The monoisotopic (exact) mass is 366 g/mol. The van der Waals surface area contributed by atoms with Crippen LogP contribution in [0.25, 0.3) is 0 Å². The first-order chi connectivity index (χ1) is 12.4. The molecule has 2 aliphatic rings. The molecule has 0 atom stereocenters. The summed E-state index contributed by atoms with van der Waals surface area (Å²) in [5.74, 6) is -3.15. The summed E-state index contributed by atoms with van der Waals surface area (Å²) >= 11 is 0. The number of nitrogens with two attached hydrogens (primary N) is 1. The van der Waals surface area contributed by atoms with Gasteiger partial charge in [0.25, 0.3) is 12.3 Å². The van der Waals surface area contributed by atoms with Crippen LogP contribution in [-0.2, 0) is 4.79 Å². The van der Waals surface area contributed by atoms with Crippen molar-refractivity contribution in [2.75, 3.05) is 5.32 Å². The van der Waals surface area contributed by atoms with Crippen molar-refractivity contribution < 1.29 is 22.4 Å². The van der Waals surface area contributed by atoms with Crippen LogP contribution in [0, 0.1) is 11.6 Å². The van der Waals surface area contributed by atoms with Gasteiger partial charge in [-0.15, -0.1) is 0 Å². The normalized spacial score (nSPS) is 16.9. The minimum Gasteiger partial charge on any atom is -0.404 e. The lowest BCUT2D eigenvalue weighted by Gasteiger charge is -2.19. The predicted octanol–water partition coefficient (Wildman–Crippen LogP) is 2.94. The van der Waals surface area contributed by atoms with E-state index in [4.69, 9.17) is 5.73 Å². The van der Waals surface area contributed by atoms with Crippen molar-refractivity contribution in [3.8, 4) is 0 Å². The molecule has 0 aromatic heterocycles. The second-order valence-electron chi connectivity index (χ2n) is 5.64. The first kappa shape index (κ1) is 17.7. The van der Waals surface area contributed by atoms with Gasteiger partial charge in [-0.2, -0.15) is 0 Å². The molecule has 1 saturated carbocycles. The van der Waals surface area contributed by atoms with Crippen LogP contribution >= 0.6 is 0 Å². The van der Waals surface area contributed by atoms with Gasteiger partial charge in [0, 0.05) is 18.0 Å². The van der Waals surface area contributed by atoms with Crippen molar-refractivity contribution in [3.63, 3.8) is 0 Å². The Bertz CT molecular complexity index is 881. The lowest BCUT2D eigenvalue weighted by atomic mass is 10.1. The van der Waals surface area contributed by atoms with E-state index in [2.05, 4.69) is 15.6 Å². The number of aliphatic imine (C=N–C) groups is 1. The first-order valence-electron chi connectivity index (χ1n) is 7.65. The number of allylic oxidation sites excluding steroid dienone is 3. The predicted molar refractivity (Wildman–Crippen MR) is 88.2 cm³/mol. The molecule has 0 radical (unpaired) electrons. The molecule has 1 amide bonds. The van der Waals surface area contributed by atoms with Gasteiger partial charge in [0.05, 0.1) is 17.0 Å². The van der Waals surface area contributed by atoms with E-state index >= 15 is 0 Å². The van der Waals surface area contributed by atoms with E-state index in [1.165, 1.54) is 6.08 Å². The Balaban J connectivity index is 1.85. The Morgan fingerprint density at radius 1 is 1.27 bits per heavy atom. The van der Waals surface area contributed by atoms with E-state index in [1.807, 2.05) is 0 Å². The number of halogens is 4. The van der Waals surface area contributed by atoms with E-state index in [1.54, 1.807) is 0 Å². The maximum atomic E-state index is 13.3. The summed E-state index contributed by atoms with van der Waals surface area (Å²) in [6, 6.07) is 2.79. The van der Waals surface area contributed by atoms with Crippen molar-refractivity contribution in [2.45, 2.75) is 19.3 Å². The molecule has 1 aliphatic heterocycles. The second kappa shape index (κ2) is 7.03. The number of alkyl halides is 2. The number of hydrogen-bond acceptors (Lipinski definition) is 4. The smallest absolute Gasteiger partial charge is 0.278 e. The fourth-order valence-electron chi connectivity index (χ4n) is 2.28. The van der Waals surface area contributed by atoms with Gasteiger partial charge in [0.1, 0.15) is 5.84 Å². The lowest BCUT2D eigenvalue weighted by molar-refractivity contribution is -0.112. The van der Waals surface area contributed by atoms with Crippen LogP contribution in [0.3, 0.4) is 0 Å². The molecular formula is C17H14F4N4O. The topological polar surface area (TPSA) is 79.5 Å². The number of rotatable bonds is 4. The molecule has 26 heavy (non-hydrogen) atoms. The molecule has 1 aromatic rings. The third-order valence-electron chi connectivity index (χ3n) is 3.73. The number of carbonyl (C=O) groups is 1. The molecule has 3 rings (SSSR count). The summed E-state index contributed by atoms with van der Waals surface area (Å²) in [5.41, 5.74) is 6.12. The van der Waals surface area contributed by atoms with Gasteiger partial charge in [-0.3, -0.25) is 4.79 Å². The highest BCUT2D eigenvalue weighted by Crippen LogP contribution is 2.34. The van der Waals surface area contributed by atoms with Crippen LogP contribution in [0.4, 0.5) is 23.2 Å². The number of amides is 1. The maximum absolute atomic E-state index is 13.3. The van der Waals surface area contributed by atoms with E-state index < -0.39 is 29.7 Å². The van der Waals surface area contributed by atoms with Gasteiger partial charge >= 0.3 is 0 Å². The molecule has 9 heteroatoms. The molecule has 4 N–H and O–H groups in total. The van der Waals surface area contributed by atoms with Gasteiger partial charge in [-0.1, -0.05) is 0 Å². The number of nitrogens with zero attached hydrogens (tertiary/aromatic N) is 1. The average molecular weight is 366 g/mol. The van der Waals surface area contributed by atoms with Crippen molar-refractivity contribution in [3.05, 3.63) is 64.6 Å². The molecule has 1 aliphatic carbocycles. The zero-order valence-electron chi connectivity index (χ0n) is 13.3. The van der Waals surface area contributed by atoms with E-state index in [9.17, 15) is 22.4 Å². The summed E-state index contributed by atoms with van der Waals surface area (Å²) in [5, 5.41) is 4.71. The molecule has 1 heterocycles. The zero-order valence-corrected chi connectivity index (χ0v) is 13.3. The molecule has 0 saturated heterocycles. The summed E-state index contributed by atoms with van der Waals surface area (Å²) < 4.78 is 52.4. The van der Waals surface area contributed by atoms with Gasteiger partial charge < -0.3 is 16.4 Å². The Morgan fingerprint density at radius 3 is 2.58 bits per heavy atom. The minimum absolute atomic E-state index is 0.0185. The summed E-state index contributed by atoms with van der Waals surface area (Å²) in [7, 11) is 0. The van der Waals surface area contributed by atoms with E-state index in [0.717, 1.165) is 42.8 Å².